The lowest BCUT2D eigenvalue weighted by Crippen LogP contribution is -2.48. The third kappa shape index (κ3) is 2.38. The largest absolute Gasteiger partial charge is 0.369 e. The van der Waals surface area contributed by atoms with Crippen LogP contribution in [-0.2, 0) is 16.8 Å². The van der Waals surface area contributed by atoms with Crippen LogP contribution in [0.2, 0.25) is 0 Å². The molecule has 0 unspecified atom stereocenters. The molecule has 0 N–H and O–H groups in total. The van der Waals surface area contributed by atoms with Gasteiger partial charge in [-0.2, -0.15) is 5.10 Å². The first-order valence-electron chi connectivity index (χ1n) is 8.56. The highest BCUT2D eigenvalue weighted by atomic mass is 32.1. The summed E-state index contributed by atoms with van der Waals surface area (Å²) < 4.78 is 7.86. The lowest BCUT2D eigenvalue weighted by Gasteiger charge is -2.43. The smallest absolute Gasteiger partial charge is 0.274 e. The van der Waals surface area contributed by atoms with Crippen LogP contribution in [0, 0.1) is 0 Å². The van der Waals surface area contributed by atoms with Crippen LogP contribution < -0.4 is 0 Å². The van der Waals surface area contributed by atoms with E-state index in [4.69, 9.17) is 4.74 Å². The minimum absolute atomic E-state index is 0.0254. The maximum Gasteiger partial charge on any atom is 0.274 e. The maximum absolute atomic E-state index is 12.8. The number of aromatic nitrogens is 3. The normalized spacial score (nSPS) is 19.3. The Bertz CT molecular complexity index is 906. The van der Waals surface area contributed by atoms with Gasteiger partial charge in [-0.25, -0.2) is 9.50 Å². The van der Waals surface area contributed by atoms with Crippen LogP contribution in [0.15, 0.2) is 36.0 Å². The molecule has 1 saturated heterocycles. The second kappa shape index (κ2) is 5.64. The molecule has 0 bridgehead atoms. The summed E-state index contributed by atoms with van der Waals surface area (Å²) in [5, 5.41) is 6.51. The summed E-state index contributed by atoms with van der Waals surface area (Å²) >= 11 is 1.79. The van der Waals surface area contributed by atoms with E-state index in [9.17, 15) is 4.79 Å². The number of rotatable bonds is 1. The number of carbonyl (C=O) groups is 1. The van der Waals surface area contributed by atoms with E-state index < -0.39 is 0 Å². The molecule has 0 atom stereocenters. The minimum atomic E-state index is -0.195. The molecule has 7 heteroatoms. The minimum Gasteiger partial charge on any atom is -0.369 e. The number of likely N-dealkylation sites (tertiary alicyclic amines) is 1. The zero-order valence-electron chi connectivity index (χ0n) is 13.7. The van der Waals surface area contributed by atoms with Gasteiger partial charge in [0.1, 0.15) is 5.60 Å². The van der Waals surface area contributed by atoms with E-state index in [2.05, 4.69) is 21.5 Å². The number of carbonyl (C=O) groups excluding carboxylic acids is 1. The fourth-order valence-electron chi connectivity index (χ4n) is 3.89. The Balaban J connectivity index is 1.36. The molecule has 0 aliphatic carbocycles. The molecule has 2 aliphatic rings. The molecule has 0 saturated carbocycles. The molecule has 5 rings (SSSR count). The molecule has 25 heavy (non-hydrogen) atoms. The number of hydrogen-bond acceptors (Lipinski definition) is 5. The average molecular weight is 354 g/mol. The van der Waals surface area contributed by atoms with E-state index in [1.54, 1.807) is 40.4 Å². The summed E-state index contributed by atoms with van der Waals surface area (Å²) in [6, 6.07) is 5.77. The first kappa shape index (κ1) is 15.0. The second-order valence-corrected chi connectivity index (χ2v) is 7.53. The Morgan fingerprint density at radius 3 is 3.04 bits per heavy atom. The molecular weight excluding hydrogens is 336 g/mol. The van der Waals surface area contributed by atoms with Crippen LogP contribution in [0.1, 0.15) is 33.8 Å². The molecular formula is C18H18N4O2S. The molecule has 1 fully saturated rings. The molecule has 3 aromatic rings. The van der Waals surface area contributed by atoms with E-state index in [-0.39, 0.29) is 11.5 Å². The van der Waals surface area contributed by atoms with Crippen molar-refractivity contribution in [3.63, 3.8) is 0 Å². The zero-order chi connectivity index (χ0) is 16.9. The van der Waals surface area contributed by atoms with Gasteiger partial charge in [-0.05, 0) is 42.3 Å². The number of fused-ring (bicyclic) bond motifs is 3. The van der Waals surface area contributed by atoms with Gasteiger partial charge >= 0.3 is 0 Å². The van der Waals surface area contributed by atoms with E-state index in [0.717, 1.165) is 25.9 Å². The van der Waals surface area contributed by atoms with E-state index >= 15 is 0 Å². The molecule has 3 aromatic heterocycles. The van der Waals surface area contributed by atoms with Crippen LogP contribution in [0.3, 0.4) is 0 Å². The highest BCUT2D eigenvalue weighted by Crippen LogP contribution is 2.44. The van der Waals surface area contributed by atoms with E-state index in [0.29, 0.717) is 24.4 Å². The number of amides is 1. The molecule has 6 nitrogen and oxygen atoms in total. The maximum atomic E-state index is 12.8. The standard InChI is InChI=1S/C18H18N4O2S/c23-17(14-12-15-19-6-1-7-22(15)20-14)21-8-4-18(5-9-21)16-13(2-10-24-18)3-11-25-16/h1,3,6-7,11-12H,2,4-5,8-10H2. The average Bonchev–Trinajstić information content (AvgIpc) is 3.29. The Kier molecular flexibility index (Phi) is 3.39. The zero-order valence-corrected chi connectivity index (χ0v) is 14.5. The highest BCUT2D eigenvalue weighted by molar-refractivity contribution is 7.10. The summed E-state index contributed by atoms with van der Waals surface area (Å²) in [6.07, 6.45) is 6.20. The van der Waals surface area contributed by atoms with Crippen LogP contribution in [0.5, 0.6) is 0 Å². The quantitative estimate of drug-likeness (QED) is 0.674. The van der Waals surface area contributed by atoms with Gasteiger partial charge in [-0.3, -0.25) is 4.79 Å². The lowest BCUT2D eigenvalue weighted by molar-refractivity contribution is -0.0906. The summed E-state index contributed by atoms with van der Waals surface area (Å²) in [5.74, 6) is -0.0254. The highest BCUT2D eigenvalue weighted by Gasteiger charge is 2.42. The number of thiophene rings is 1. The predicted molar refractivity (Wildman–Crippen MR) is 93.8 cm³/mol. The fourth-order valence-corrected chi connectivity index (χ4v) is 5.06. The summed E-state index contributed by atoms with van der Waals surface area (Å²) in [7, 11) is 0. The van der Waals surface area contributed by atoms with Crippen LogP contribution in [-0.4, -0.2) is 45.1 Å². The van der Waals surface area contributed by atoms with Crippen molar-refractivity contribution in [1.82, 2.24) is 19.5 Å². The summed E-state index contributed by atoms with van der Waals surface area (Å²) in [5.41, 5.74) is 2.37. The van der Waals surface area contributed by atoms with Crippen molar-refractivity contribution in [3.05, 3.63) is 52.1 Å². The lowest BCUT2D eigenvalue weighted by atomic mass is 9.85. The molecule has 0 radical (unpaired) electrons. The molecule has 1 amide bonds. The van der Waals surface area contributed by atoms with E-state index in [1.165, 1.54) is 10.4 Å². The third-order valence-electron chi connectivity index (χ3n) is 5.22. The van der Waals surface area contributed by atoms with Crippen molar-refractivity contribution in [2.75, 3.05) is 19.7 Å². The Labute approximate surface area is 149 Å². The Morgan fingerprint density at radius 2 is 2.20 bits per heavy atom. The second-order valence-electron chi connectivity index (χ2n) is 6.61. The van der Waals surface area contributed by atoms with E-state index in [1.807, 2.05) is 4.90 Å². The molecule has 5 heterocycles. The van der Waals surface area contributed by atoms with Gasteiger partial charge in [0.2, 0.25) is 0 Å². The Hall–Kier alpha value is -2.25. The number of piperidine rings is 1. The van der Waals surface area contributed by atoms with Crippen LogP contribution >= 0.6 is 11.3 Å². The van der Waals surface area contributed by atoms with Crippen molar-refractivity contribution in [2.45, 2.75) is 24.9 Å². The Morgan fingerprint density at radius 1 is 1.32 bits per heavy atom. The first-order valence-corrected chi connectivity index (χ1v) is 9.44. The molecule has 128 valence electrons. The van der Waals surface area contributed by atoms with Gasteiger partial charge in [-0.1, -0.05) is 0 Å². The summed E-state index contributed by atoms with van der Waals surface area (Å²) in [4.78, 5) is 20.3. The summed E-state index contributed by atoms with van der Waals surface area (Å²) in [6.45, 7) is 2.16. The van der Waals surface area contributed by atoms with Crippen LogP contribution in [0.25, 0.3) is 5.65 Å². The van der Waals surface area contributed by atoms with Crippen LogP contribution in [0.4, 0.5) is 0 Å². The molecule has 2 aliphatic heterocycles. The first-order chi connectivity index (χ1) is 12.3. The number of hydrogen-bond donors (Lipinski definition) is 0. The van der Waals surface area contributed by atoms with Gasteiger partial charge < -0.3 is 9.64 Å². The van der Waals surface area contributed by atoms with Crippen molar-refractivity contribution in [1.29, 1.82) is 0 Å². The SMILES string of the molecule is O=C(c1cc2ncccn2n1)N1CCC2(CC1)OCCc1ccsc12. The predicted octanol–water partition coefficient (Wildman–Crippen LogP) is 2.50. The van der Waals surface area contributed by atoms with Gasteiger partial charge in [0, 0.05) is 36.4 Å². The van der Waals surface area contributed by atoms with Crippen molar-refractivity contribution < 1.29 is 9.53 Å². The van der Waals surface area contributed by atoms with Gasteiger partial charge in [0.05, 0.1) is 6.61 Å². The van der Waals surface area contributed by atoms with Gasteiger partial charge in [0.15, 0.2) is 11.3 Å². The van der Waals surface area contributed by atoms with Gasteiger partial charge in [0.25, 0.3) is 5.91 Å². The molecule has 1 spiro atoms. The molecule has 0 aromatic carbocycles. The van der Waals surface area contributed by atoms with Crippen molar-refractivity contribution in [3.8, 4) is 0 Å². The number of nitrogens with zero attached hydrogens (tertiary/aromatic N) is 4. The fraction of sp³-hybridized carbons (Fsp3) is 0.389. The van der Waals surface area contributed by atoms with Crippen molar-refractivity contribution >= 4 is 22.9 Å². The third-order valence-corrected chi connectivity index (χ3v) is 6.37. The number of ether oxygens (including phenoxy) is 1. The monoisotopic (exact) mass is 354 g/mol. The van der Waals surface area contributed by atoms with Gasteiger partial charge in [-0.15, -0.1) is 11.3 Å². The van der Waals surface area contributed by atoms with Crippen molar-refractivity contribution in [2.24, 2.45) is 0 Å². The topological polar surface area (TPSA) is 59.7 Å².